The summed E-state index contributed by atoms with van der Waals surface area (Å²) in [6, 6.07) is 0.245. The van der Waals surface area contributed by atoms with Gasteiger partial charge in [-0.3, -0.25) is 4.99 Å². The quantitative estimate of drug-likeness (QED) is 0.568. The highest BCUT2D eigenvalue weighted by Gasteiger charge is 2.14. The maximum atomic E-state index is 4.24. The summed E-state index contributed by atoms with van der Waals surface area (Å²) in [5.41, 5.74) is 2.31. The molecule has 1 unspecified atom stereocenters. The van der Waals surface area contributed by atoms with Crippen LogP contribution in [0.25, 0.3) is 0 Å². The first-order valence-corrected chi connectivity index (χ1v) is 3.41. The van der Waals surface area contributed by atoms with Crippen LogP contribution in [0.3, 0.4) is 0 Å². The van der Waals surface area contributed by atoms with E-state index < -0.39 is 0 Å². The van der Waals surface area contributed by atoms with Gasteiger partial charge in [0.25, 0.3) is 0 Å². The van der Waals surface area contributed by atoms with Crippen LogP contribution in [0.15, 0.2) is 11.3 Å². The fourth-order valence-corrected chi connectivity index (χ4v) is 1.23. The minimum atomic E-state index is 0.245. The van der Waals surface area contributed by atoms with Crippen molar-refractivity contribution in [3.63, 3.8) is 0 Å². The summed E-state index contributed by atoms with van der Waals surface area (Å²) < 4.78 is 0. The summed E-state index contributed by atoms with van der Waals surface area (Å²) in [6.45, 7) is 2.05. The van der Waals surface area contributed by atoms with Crippen LogP contribution >= 0.6 is 0 Å². The third kappa shape index (κ3) is 0.667. The smallest absolute Gasteiger partial charge is 0.0926 e. The van der Waals surface area contributed by atoms with Gasteiger partial charge in [-0.1, -0.05) is 0 Å². The molecular formula is C7H9N3. The minimum Gasteiger partial charge on any atom is -0.348 e. The zero-order valence-electron chi connectivity index (χ0n) is 5.83. The number of H-pyrrole nitrogens is 1. The number of hydrogen-bond acceptors (Lipinski definition) is 2. The van der Waals surface area contributed by atoms with Gasteiger partial charge in [-0.05, 0) is 6.92 Å². The lowest BCUT2D eigenvalue weighted by Gasteiger charge is -2.09. The molecule has 2 rings (SSSR count). The Morgan fingerprint density at radius 1 is 1.70 bits per heavy atom. The molecule has 0 radical (unpaired) electrons. The van der Waals surface area contributed by atoms with Gasteiger partial charge in [-0.15, -0.1) is 0 Å². The highest BCUT2D eigenvalue weighted by Crippen LogP contribution is 2.20. The molecule has 0 spiro atoms. The molecule has 52 valence electrons. The largest absolute Gasteiger partial charge is 0.348 e. The van der Waals surface area contributed by atoms with Crippen LogP contribution in [-0.2, 0) is 6.42 Å². The Labute approximate surface area is 59.2 Å². The van der Waals surface area contributed by atoms with Gasteiger partial charge < -0.3 is 4.98 Å². The fourth-order valence-electron chi connectivity index (χ4n) is 1.23. The van der Waals surface area contributed by atoms with Crippen molar-refractivity contribution in [2.24, 2.45) is 4.99 Å². The van der Waals surface area contributed by atoms with Gasteiger partial charge in [0.1, 0.15) is 0 Å². The minimum absolute atomic E-state index is 0.245. The second-order valence-electron chi connectivity index (χ2n) is 2.48. The molecule has 10 heavy (non-hydrogen) atoms. The lowest BCUT2D eigenvalue weighted by atomic mass is 10.1. The molecule has 1 aromatic rings. The van der Waals surface area contributed by atoms with Crippen molar-refractivity contribution in [2.75, 3.05) is 0 Å². The maximum Gasteiger partial charge on any atom is 0.0926 e. The average Bonchev–Trinajstić information content (AvgIpc) is 2.36. The van der Waals surface area contributed by atoms with Crippen molar-refractivity contribution >= 4 is 6.21 Å². The van der Waals surface area contributed by atoms with E-state index in [-0.39, 0.29) is 6.04 Å². The number of nitrogens with zero attached hydrogens (tertiary/aromatic N) is 2. The number of aromatic nitrogens is 2. The Morgan fingerprint density at radius 2 is 2.60 bits per heavy atom. The van der Waals surface area contributed by atoms with E-state index in [9.17, 15) is 0 Å². The summed E-state index contributed by atoms with van der Waals surface area (Å²) in [5.74, 6) is 0. The number of imidazole rings is 1. The molecule has 1 aliphatic heterocycles. The third-order valence-electron chi connectivity index (χ3n) is 1.77. The van der Waals surface area contributed by atoms with E-state index in [1.54, 1.807) is 6.33 Å². The monoisotopic (exact) mass is 135 g/mol. The van der Waals surface area contributed by atoms with Gasteiger partial charge in [0.05, 0.1) is 18.1 Å². The predicted octanol–water partition coefficient (Wildman–Crippen LogP) is 1.10. The molecule has 0 aromatic carbocycles. The molecule has 0 fully saturated rings. The second kappa shape index (κ2) is 1.94. The molecule has 3 nitrogen and oxygen atoms in total. The summed E-state index contributed by atoms with van der Waals surface area (Å²) in [7, 11) is 0. The number of fused-ring (bicyclic) bond motifs is 1. The molecule has 2 heterocycles. The Balaban J connectivity index is 2.48. The first-order valence-electron chi connectivity index (χ1n) is 3.41. The lowest BCUT2D eigenvalue weighted by molar-refractivity contribution is 0.765. The van der Waals surface area contributed by atoms with E-state index in [0.717, 1.165) is 12.1 Å². The first-order chi connectivity index (χ1) is 4.88. The summed E-state index contributed by atoms with van der Waals surface area (Å²) in [4.78, 5) is 11.5. The molecular weight excluding hydrogens is 126 g/mol. The molecule has 0 saturated heterocycles. The second-order valence-corrected chi connectivity index (χ2v) is 2.48. The highest BCUT2D eigenvalue weighted by atomic mass is 14.9. The molecule has 0 amide bonds. The van der Waals surface area contributed by atoms with Gasteiger partial charge >= 0.3 is 0 Å². The molecule has 3 heteroatoms. The molecule has 1 N–H and O–H groups in total. The van der Waals surface area contributed by atoms with Crippen LogP contribution in [0.4, 0.5) is 0 Å². The standard InChI is InChI=1S/C7H9N3/c1-5-7-6(2-3-8-5)9-4-10-7/h3-5H,2H2,1H3,(H,9,10). The summed E-state index contributed by atoms with van der Waals surface area (Å²) >= 11 is 0. The maximum absolute atomic E-state index is 4.24. The third-order valence-corrected chi connectivity index (χ3v) is 1.77. The molecule has 0 aliphatic carbocycles. The Hall–Kier alpha value is -1.12. The van der Waals surface area contributed by atoms with E-state index in [0.29, 0.717) is 0 Å². The van der Waals surface area contributed by atoms with Gasteiger partial charge in [-0.25, -0.2) is 4.98 Å². The van der Waals surface area contributed by atoms with E-state index in [1.165, 1.54) is 5.69 Å². The van der Waals surface area contributed by atoms with Crippen molar-refractivity contribution in [3.8, 4) is 0 Å². The van der Waals surface area contributed by atoms with Crippen LogP contribution in [0.2, 0.25) is 0 Å². The number of nitrogens with one attached hydrogen (secondary N) is 1. The van der Waals surface area contributed by atoms with E-state index in [4.69, 9.17) is 0 Å². The van der Waals surface area contributed by atoms with Gasteiger partial charge in [0.15, 0.2) is 0 Å². The zero-order chi connectivity index (χ0) is 6.97. The van der Waals surface area contributed by atoms with E-state index >= 15 is 0 Å². The van der Waals surface area contributed by atoms with E-state index in [2.05, 4.69) is 21.9 Å². The summed E-state index contributed by atoms with van der Waals surface area (Å²) in [6.07, 6.45) is 4.57. The van der Waals surface area contributed by atoms with Crippen LogP contribution in [0.5, 0.6) is 0 Å². The van der Waals surface area contributed by atoms with Crippen molar-refractivity contribution in [1.29, 1.82) is 0 Å². The van der Waals surface area contributed by atoms with Crippen LogP contribution < -0.4 is 0 Å². The Bertz CT molecular complexity index is 262. The Kier molecular flexibility index (Phi) is 1.09. The highest BCUT2D eigenvalue weighted by molar-refractivity contribution is 5.63. The fraction of sp³-hybridized carbons (Fsp3) is 0.429. The van der Waals surface area contributed by atoms with Crippen molar-refractivity contribution in [3.05, 3.63) is 17.7 Å². The molecule has 1 aromatic heterocycles. The molecule has 0 bridgehead atoms. The molecule has 0 saturated carbocycles. The van der Waals surface area contributed by atoms with Crippen LogP contribution in [0, 0.1) is 0 Å². The topological polar surface area (TPSA) is 41.0 Å². The zero-order valence-corrected chi connectivity index (χ0v) is 5.83. The predicted molar refractivity (Wildman–Crippen MR) is 39.2 cm³/mol. The normalized spacial score (nSPS) is 22.7. The number of hydrogen-bond donors (Lipinski definition) is 1. The first kappa shape index (κ1) is 5.65. The van der Waals surface area contributed by atoms with Crippen molar-refractivity contribution < 1.29 is 0 Å². The van der Waals surface area contributed by atoms with Crippen molar-refractivity contribution in [1.82, 2.24) is 9.97 Å². The lowest BCUT2D eigenvalue weighted by Crippen LogP contribution is -2.03. The van der Waals surface area contributed by atoms with Gasteiger partial charge in [0, 0.05) is 18.3 Å². The van der Waals surface area contributed by atoms with Gasteiger partial charge in [-0.2, -0.15) is 0 Å². The SMILES string of the molecule is CC1N=CCc2[nH]cnc21. The number of aromatic amines is 1. The number of aliphatic imine (C=N–C) groups is 1. The van der Waals surface area contributed by atoms with Crippen molar-refractivity contribution in [2.45, 2.75) is 19.4 Å². The van der Waals surface area contributed by atoms with Crippen LogP contribution in [-0.4, -0.2) is 16.2 Å². The molecule has 1 aliphatic rings. The van der Waals surface area contributed by atoms with Gasteiger partial charge in [0.2, 0.25) is 0 Å². The Morgan fingerprint density at radius 3 is 3.40 bits per heavy atom. The van der Waals surface area contributed by atoms with E-state index in [1.807, 2.05) is 6.21 Å². The van der Waals surface area contributed by atoms with Crippen LogP contribution in [0.1, 0.15) is 24.4 Å². The average molecular weight is 135 g/mol. The summed E-state index contributed by atoms with van der Waals surface area (Å²) in [5, 5.41) is 0. The number of rotatable bonds is 0. The molecule has 1 atom stereocenters.